The second kappa shape index (κ2) is 7.28. The molecule has 3 nitrogen and oxygen atoms in total. The van der Waals surface area contributed by atoms with Crippen LogP contribution in [0.15, 0.2) is 30.3 Å². The van der Waals surface area contributed by atoms with Crippen LogP contribution >= 0.6 is 0 Å². The number of benzene rings is 1. The van der Waals surface area contributed by atoms with Crippen molar-refractivity contribution in [2.45, 2.75) is 45.2 Å². The normalized spacial score (nSPS) is 18.1. The summed E-state index contributed by atoms with van der Waals surface area (Å²) in [4.78, 5) is 5.06. The van der Waals surface area contributed by atoms with Gasteiger partial charge in [-0.25, -0.2) is 0 Å². The van der Waals surface area contributed by atoms with Gasteiger partial charge in [-0.1, -0.05) is 18.2 Å². The van der Waals surface area contributed by atoms with Crippen molar-refractivity contribution < 1.29 is 4.74 Å². The fraction of sp³-hybridized carbons (Fsp3) is 0.667. The van der Waals surface area contributed by atoms with E-state index in [2.05, 4.69) is 37.6 Å². The van der Waals surface area contributed by atoms with Gasteiger partial charge in [-0.15, -0.1) is 0 Å². The number of rotatable bonds is 5. The van der Waals surface area contributed by atoms with E-state index in [4.69, 9.17) is 4.74 Å². The van der Waals surface area contributed by atoms with E-state index in [1.165, 1.54) is 25.9 Å². The van der Waals surface area contributed by atoms with Gasteiger partial charge in [0.1, 0.15) is 12.4 Å². The lowest BCUT2D eigenvalue weighted by molar-refractivity contribution is 0.0611. The number of likely N-dealkylation sites (N-methyl/N-ethyl adjacent to an activating group) is 1. The fourth-order valence-corrected chi connectivity index (χ4v) is 2.98. The van der Waals surface area contributed by atoms with Crippen molar-refractivity contribution in [2.24, 2.45) is 0 Å². The van der Waals surface area contributed by atoms with Gasteiger partial charge in [0, 0.05) is 31.2 Å². The zero-order chi connectivity index (χ0) is 15.3. The third kappa shape index (κ3) is 5.01. The van der Waals surface area contributed by atoms with Crippen molar-refractivity contribution >= 4 is 0 Å². The molecule has 1 aliphatic rings. The summed E-state index contributed by atoms with van der Waals surface area (Å²) in [5, 5.41) is 0. The average molecular weight is 290 g/mol. The van der Waals surface area contributed by atoms with Crippen LogP contribution in [-0.4, -0.2) is 54.7 Å². The van der Waals surface area contributed by atoms with Crippen LogP contribution in [0.25, 0.3) is 0 Å². The number of hydrogen-bond acceptors (Lipinski definition) is 3. The molecule has 1 aromatic carbocycles. The van der Waals surface area contributed by atoms with E-state index in [-0.39, 0.29) is 0 Å². The lowest BCUT2D eigenvalue weighted by Crippen LogP contribution is -2.50. The molecule has 1 saturated heterocycles. The first-order valence-electron chi connectivity index (χ1n) is 8.10. The third-order valence-electron chi connectivity index (χ3n) is 4.49. The predicted molar refractivity (Wildman–Crippen MR) is 88.9 cm³/mol. The van der Waals surface area contributed by atoms with Crippen molar-refractivity contribution in [3.05, 3.63) is 30.3 Å². The van der Waals surface area contributed by atoms with Crippen molar-refractivity contribution in [1.29, 1.82) is 0 Å². The molecule has 0 N–H and O–H groups in total. The number of likely N-dealkylation sites (tertiary alicyclic amines) is 1. The fourth-order valence-electron chi connectivity index (χ4n) is 2.98. The van der Waals surface area contributed by atoms with E-state index >= 15 is 0 Å². The van der Waals surface area contributed by atoms with Crippen molar-refractivity contribution in [2.75, 3.05) is 33.3 Å². The number of piperidine rings is 1. The second-order valence-corrected chi connectivity index (χ2v) is 7.03. The van der Waals surface area contributed by atoms with Gasteiger partial charge in [-0.3, -0.25) is 9.80 Å². The van der Waals surface area contributed by atoms with Crippen molar-refractivity contribution in [1.82, 2.24) is 9.80 Å². The Morgan fingerprint density at radius 1 is 1.14 bits per heavy atom. The van der Waals surface area contributed by atoms with Crippen LogP contribution in [0.2, 0.25) is 0 Å². The Labute approximate surface area is 129 Å². The summed E-state index contributed by atoms with van der Waals surface area (Å²) in [7, 11) is 2.23. The highest BCUT2D eigenvalue weighted by atomic mass is 16.5. The first-order chi connectivity index (χ1) is 9.97. The maximum Gasteiger partial charge on any atom is 0.119 e. The van der Waals surface area contributed by atoms with Gasteiger partial charge in [0.05, 0.1) is 0 Å². The van der Waals surface area contributed by atoms with Crippen LogP contribution < -0.4 is 4.74 Å². The lowest BCUT2D eigenvalue weighted by atomic mass is 9.97. The molecular formula is C18H30N2O. The molecule has 0 aromatic heterocycles. The lowest BCUT2D eigenvalue weighted by Gasteiger charge is -2.43. The monoisotopic (exact) mass is 290 g/mol. The second-order valence-electron chi connectivity index (χ2n) is 7.03. The van der Waals surface area contributed by atoms with Gasteiger partial charge in [-0.05, 0) is 52.8 Å². The molecule has 1 heterocycles. The van der Waals surface area contributed by atoms with E-state index in [1.807, 2.05) is 30.3 Å². The quantitative estimate of drug-likeness (QED) is 0.828. The Morgan fingerprint density at radius 3 is 2.33 bits per heavy atom. The van der Waals surface area contributed by atoms with E-state index in [9.17, 15) is 0 Å². The highest BCUT2D eigenvalue weighted by Crippen LogP contribution is 2.22. The minimum atomic E-state index is 0.306. The van der Waals surface area contributed by atoms with Gasteiger partial charge < -0.3 is 4.74 Å². The van der Waals surface area contributed by atoms with Crippen molar-refractivity contribution in [3.63, 3.8) is 0 Å². The summed E-state index contributed by atoms with van der Waals surface area (Å²) in [5.74, 6) is 0.966. The summed E-state index contributed by atoms with van der Waals surface area (Å²) in [6.07, 6.45) is 2.53. The van der Waals surface area contributed by atoms with Gasteiger partial charge in [0.25, 0.3) is 0 Å². The third-order valence-corrected chi connectivity index (χ3v) is 4.49. The molecule has 0 amide bonds. The number of para-hydroxylation sites is 1. The molecule has 0 radical (unpaired) electrons. The van der Waals surface area contributed by atoms with E-state index < -0.39 is 0 Å². The smallest absolute Gasteiger partial charge is 0.119 e. The van der Waals surface area contributed by atoms with E-state index in [0.29, 0.717) is 11.6 Å². The molecular weight excluding hydrogens is 260 g/mol. The summed E-state index contributed by atoms with van der Waals surface area (Å²) < 4.78 is 5.79. The topological polar surface area (TPSA) is 15.7 Å². The molecule has 0 aliphatic carbocycles. The first kappa shape index (κ1) is 16.3. The van der Waals surface area contributed by atoms with Gasteiger partial charge in [0.15, 0.2) is 0 Å². The van der Waals surface area contributed by atoms with E-state index in [0.717, 1.165) is 18.9 Å². The first-order valence-corrected chi connectivity index (χ1v) is 8.10. The summed E-state index contributed by atoms with van der Waals surface area (Å²) in [5.41, 5.74) is 0.306. The van der Waals surface area contributed by atoms with Gasteiger partial charge in [0.2, 0.25) is 0 Å². The van der Waals surface area contributed by atoms with Crippen LogP contribution in [0.4, 0.5) is 0 Å². The highest BCUT2D eigenvalue weighted by molar-refractivity contribution is 5.20. The number of hydrogen-bond donors (Lipinski definition) is 0. The molecule has 118 valence electrons. The molecule has 1 aliphatic heterocycles. The molecule has 0 spiro atoms. The Balaban J connectivity index is 1.69. The molecule has 0 saturated carbocycles. The minimum absolute atomic E-state index is 0.306. The molecule has 0 unspecified atom stereocenters. The Hall–Kier alpha value is -1.06. The molecule has 0 bridgehead atoms. The minimum Gasteiger partial charge on any atom is -0.492 e. The molecule has 1 fully saturated rings. The van der Waals surface area contributed by atoms with Crippen LogP contribution in [0.5, 0.6) is 5.75 Å². The van der Waals surface area contributed by atoms with Crippen LogP contribution in [0, 0.1) is 0 Å². The zero-order valence-corrected chi connectivity index (χ0v) is 14.0. The van der Waals surface area contributed by atoms with Crippen LogP contribution in [0.3, 0.4) is 0 Å². The largest absolute Gasteiger partial charge is 0.492 e. The highest BCUT2D eigenvalue weighted by Gasteiger charge is 2.28. The predicted octanol–water partition coefficient (Wildman–Crippen LogP) is 3.26. The van der Waals surface area contributed by atoms with Crippen LogP contribution in [0.1, 0.15) is 33.6 Å². The SMILES string of the molecule is CN(CCOc1ccccc1)C1CCN(C(C)(C)C)CC1. The van der Waals surface area contributed by atoms with E-state index in [1.54, 1.807) is 0 Å². The molecule has 2 rings (SSSR count). The summed E-state index contributed by atoms with van der Waals surface area (Å²) >= 11 is 0. The summed E-state index contributed by atoms with van der Waals surface area (Å²) in [6.45, 7) is 11.1. The molecule has 3 heteroatoms. The zero-order valence-electron chi connectivity index (χ0n) is 14.0. The Morgan fingerprint density at radius 2 is 1.76 bits per heavy atom. The molecule has 21 heavy (non-hydrogen) atoms. The Kier molecular flexibility index (Phi) is 5.65. The number of ether oxygens (including phenoxy) is 1. The Bertz CT molecular complexity index is 405. The molecule has 0 atom stereocenters. The van der Waals surface area contributed by atoms with Crippen LogP contribution in [-0.2, 0) is 0 Å². The van der Waals surface area contributed by atoms with Gasteiger partial charge >= 0.3 is 0 Å². The maximum atomic E-state index is 5.79. The summed E-state index contributed by atoms with van der Waals surface area (Å²) in [6, 6.07) is 10.8. The number of nitrogens with zero attached hydrogens (tertiary/aromatic N) is 2. The van der Waals surface area contributed by atoms with Gasteiger partial charge in [-0.2, -0.15) is 0 Å². The average Bonchev–Trinajstić information content (AvgIpc) is 2.47. The van der Waals surface area contributed by atoms with Crippen molar-refractivity contribution in [3.8, 4) is 5.75 Å². The molecule has 1 aromatic rings. The standard InChI is InChI=1S/C18H30N2O/c1-18(2,3)20-12-10-16(11-13-20)19(4)14-15-21-17-8-6-5-7-9-17/h5-9,16H,10-15H2,1-4H3. The maximum absolute atomic E-state index is 5.79.